The molecule has 1 rings (SSSR count). The summed E-state index contributed by atoms with van der Waals surface area (Å²) in [6.07, 6.45) is 2.05. The van der Waals surface area contributed by atoms with Crippen LogP contribution in [0.1, 0.15) is 12.5 Å². The molecular formula is C13H14F2N4O. The molecule has 106 valence electrons. The van der Waals surface area contributed by atoms with Crippen LogP contribution in [0.15, 0.2) is 28.2 Å². The molecule has 20 heavy (non-hydrogen) atoms. The van der Waals surface area contributed by atoms with E-state index in [0.717, 1.165) is 30.9 Å². The lowest BCUT2D eigenvalue weighted by atomic mass is 9.82. The van der Waals surface area contributed by atoms with Crippen molar-refractivity contribution in [3.8, 4) is 6.07 Å². The molecule has 0 aliphatic carbocycles. The second-order valence-electron chi connectivity index (χ2n) is 4.15. The van der Waals surface area contributed by atoms with Crippen molar-refractivity contribution in [3.05, 3.63) is 35.4 Å². The summed E-state index contributed by atoms with van der Waals surface area (Å²) in [4.78, 5) is 7.25. The Morgan fingerprint density at radius 2 is 2.25 bits per heavy atom. The number of nitrogens with zero attached hydrogens (tertiary/aromatic N) is 3. The monoisotopic (exact) mass is 280 g/mol. The van der Waals surface area contributed by atoms with Crippen LogP contribution in [0.2, 0.25) is 0 Å². The Morgan fingerprint density at radius 3 is 2.85 bits per heavy atom. The summed E-state index contributed by atoms with van der Waals surface area (Å²) in [6, 6.07) is 4.49. The predicted octanol–water partition coefficient (Wildman–Crippen LogP) is 1.33. The maximum Gasteiger partial charge on any atom is 0.129 e. The fraction of sp³-hybridized carbons (Fsp3) is 0.308. The maximum atomic E-state index is 13.8. The zero-order valence-corrected chi connectivity index (χ0v) is 10.8. The summed E-state index contributed by atoms with van der Waals surface area (Å²) in [7, 11) is 0. The van der Waals surface area contributed by atoms with Gasteiger partial charge in [-0.1, -0.05) is 0 Å². The van der Waals surface area contributed by atoms with Gasteiger partial charge in [0.1, 0.15) is 23.6 Å². The van der Waals surface area contributed by atoms with E-state index in [2.05, 4.69) is 9.98 Å². The Hall–Kier alpha value is -2.33. The molecule has 1 aromatic carbocycles. The summed E-state index contributed by atoms with van der Waals surface area (Å²) in [5.41, 5.74) is 2.74. The first-order chi connectivity index (χ1) is 9.45. The molecular weight excluding hydrogens is 266 g/mol. The first kappa shape index (κ1) is 15.7. The maximum absolute atomic E-state index is 13.8. The topological polar surface area (TPSA) is 94.8 Å². The van der Waals surface area contributed by atoms with Crippen LogP contribution in [0.3, 0.4) is 0 Å². The smallest absolute Gasteiger partial charge is 0.129 e. The average molecular weight is 280 g/mol. The van der Waals surface area contributed by atoms with Gasteiger partial charge in [0.15, 0.2) is 0 Å². The lowest BCUT2D eigenvalue weighted by Crippen LogP contribution is -2.37. The van der Waals surface area contributed by atoms with E-state index in [-0.39, 0.29) is 12.1 Å². The molecule has 0 fully saturated rings. The van der Waals surface area contributed by atoms with E-state index in [9.17, 15) is 13.9 Å². The van der Waals surface area contributed by atoms with Crippen LogP contribution in [0.25, 0.3) is 0 Å². The fourth-order valence-electron chi connectivity index (χ4n) is 1.66. The standard InChI is InChI=1S/C13H14F2N4O/c1-9(5-16)13(20,6-18-8-19-7-17)11-4-10(14)2-3-12(11)15/h2-4,7-9,20H,6H2,1H3,(H2,17,18,19)/t9?,13-/m1/s1. The largest absolute Gasteiger partial charge is 0.390 e. The van der Waals surface area contributed by atoms with Crippen molar-refractivity contribution in [1.29, 1.82) is 5.26 Å². The highest BCUT2D eigenvalue weighted by Gasteiger charge is 2.38. The molecule has 0 aliphatic heterocycles. The molecule has 1 aromatic rings. The van der Waals surface area contributed by atoms with Crippen molar-refractivity contribution in [1.82, 2.24) is 0 Å². The molecule has 1 unspecified atom stereocenters. The second kappa shape index (κ2) is 6.73. The molecule has 0 aliphatic rings. The molecule has 0 aromatic heterocycles. The Morgan fingerprint density at radius 1 is 1.55 bits per heavy atom. The number of rotatable bonds is 5. The van der Waals surface area contributed by atoms with E-state index in [1.807, 2.05) is 6.07 Å². The third-order valence-electron chi connectivity index (χ3n) is 2.87. The molecule has 5 nitrogen and oxygen atoms in total. The lowest BCUT2D eigenvalue weighted by Gasteiger charge is -2.29. The Kier molecular flexibility index (Phi) is 5.29. The number of nitriles is 1. The van der Waals surface area contributed by atoms with E-state index in [1.54, 1.807) is 0 Å². The predicted molar refractivity (Wildman–Crippen MR) is 71.1 cm³/mol. The van der Waals surface area contributed by atoms with Gasteiger partial charge in [-0.05, 0) is 25.1 Å². The number of hydrogen-bond donors (Lipinski definition) is 2. The summed E-state index contributed by atoms with van der Waals surface area (Å²) >= 11 is 0. The van der Waals surface area contributed by atoms with Gasteiger partial charge in [-0.15, -0.1) is 0 Å². The number of aliphatic hydroxyl groups is 1. The zero-order valence-electron chi connectivity index (χ0n) is 10.8. The third kappa shape index (κ3) is 3.36. The number of hydrogen-bond acceptors (Lipinski definition) is 3. The first-order valence-corrected chi connectivity index (χ1v) is 5.75. The van der Waals surface area contributed by atoms with Crippen molar-refractivity contribution in [3.63, 3.8) is 0 Å². The highest BCUT2D eigenvalue weighted by Crippen LogP contribution is 2.32. The summed E-state index contributed by atoms with van der Waals surface area (Å²) < 4.78 is 27.0. The van der Waals surface area contributed by atoms with Crippen LogP contribution >= 0.6 is 0 Å². The lowest BCUT2D eigenvalue weighted by molar-refractivity contribution is 0.00964. The van der Waals surface area contributed by atoms with Gasteiger partial charge in [0.2, 0.25) is 0 Å². The van der Waals surface area contributed by atoms with E-state index in [1.165, 1.54) is 6.92 Å². The van der Waals surface area contributed by atoms with Gasteiger partial charge >= 0.3 is 0 Å². The Labute approximate surface area is 115 Å². The Balaban J connectivity index is 3.24. The number of halogens is 2. The summed E-state index contributed by atoms with van der Waals surface area (Å²) in [6.45, 7) is 1.05. The van der Waals surface area contributed by atoms with Crippen molar-refractivity contribution in [2.24, 2.45) is 21.6 Å². The minimum atomic E-state index is -1.96. The van der Waals surface area contributed by atoms with E-state index in [0.29, 0.717) is 0 Å². The van der Waals surface area contributed by atoms with Crippen LogP contribution in [0, 0.1) is 28.9 Å². The molecule has 0 radical (unpaired) electrons. The van der Waals surface area contributed by atoms with Crippen LogP contribution in [0.5, 0.6) is 0 Å². The molecule has 0 spiro atoms. The van der Waals surface area contributed by atoms with Crippen LogP contribution < -0.4 is 5.73 Å². The fourth-order valence-corrected chi connectivity index (χ4v) is 1.66. The minimum absolute atomic E-state index is 0.319. The van der Waals surface area contributed by atoms with Gasteiger partial charge in [0.05, 0.1) is 24.9 Å². The molecule has 0 saturated carbocycles. The highest BCUT2D eigenvalue weighted by atomic mass is 19.1. The van der Waals surface area contributed by atoms with E-state index >= 15 is 0 Å². The third-order valence-corrected chi connectivity index (χ3v) is 2.87. The number of aliphatic imine (C=N–C) groups is 2. The Bertz CT molecular complexity index is 568. The molecule has 3 N–H and O–H groups in total. The van der Waals surface area contributed by atoms with Crippen molar-refractivity contribution >= 4 is 12.7 Å². The summed E-state index contributed by atoms with van der Waals surface area (Å²) in [5, 5.41) is 19.5. The van der Waals surface area contributed by atoms with E-state index in [4.69, 9.17) is 11.0 Å². The number of nitrogens with two attached hydrogens (primary N) is 1. The molecule has 0 amide bonds. The SMILES string of the molecule is CC(C#N)[C@](O)(CN=CN=CN)c1cc(F)ccc1F. The normalized spacial score (nSPS) is 16.1. The van der Waals surface area contributed by atoms with Gasteiger partial charge in [0, 0.05) is 5.56 Å². The highest BCUT2D eigenvalue weighted by molar-refractivity contribution is 5.69. The summed E-state index contributed by atoms with van der Waals surface area (Å²) in [5.74, 6) is -2.53. The average Bonchev–Trinajstić information content (AvgIpc) is 2.45. The van der Waals surface area contributed by atoms with Gasteiger partial charge in [-0.2, -0.15) is 5.26 Å². The molecule has 7 heteroatoms. The first-order valence-electron chi connectivity index (χ1n) is 5.75. The van der Waals surface area contributed by atoms with Gasteiger partial charge < -0.3 is 10.8 Å². The van der Waals surface area contributed by atoms with Crippen LogP contribution in [-0.4, -0.2) is 24.3 Å². The van der Waals surface area contributed by atoms with Gasteiger partial charge in [0.25, 0.3) is 0 Å². The number of benzene rings is 1. The molecule has 0 bridgehead atoms. The van der Waals surface area contributed by atoms with E-state index < -0.39 is 23.2 Å². The van der Waals surface area contributed by atoms with Crippen LogP contribution in [-0.2, 0) is 5.60 Å². The molecule has 0 heterocycles. The quantitative estimate of drug-likeness (QED) is 0.629. The van der Waals surface area contributed by atoms with Crippen LogP contribution in [0.4, 0.5) is 8.78 Å². The van der Waals surface area contributed by atoms with Crippen molar-refractivity contribution < 1.29 is 13.9 Å². The molecule has 2 atom stereocenters. The second-order valence-corrected chi connectivity index (χ2v) is 4.15. The van der Waals surface area contributed by atoms with Gasteiger partial charge in [-0.3, -0.25) is 4.99 Å². The minimum Gasteiger partial charge on any atom is -0.390 e. The van der Waals surface area contributed by atoms with Crippen molar-refractivity contribution in [2.75, 3.05) is 6.54 Å². The zero-order chi connectivity index (χ0) is 15.2. The van der Waals surface area contributed by atoms with Crippen molar-refractivity contribution in [2.45, 2.75) is 12.5 Å². The van der Waals surface area contributed by atoms with Gasteiger partial charge in [-0.25, -0.2) is 13.8 Å². The molecule has 0 saturated heterocycles.